The first-order valence-electron chi connectivity index (χ1n) is 17.7. The number of hydrogen-bond donors (Lipinski definition) is 6. The van der Waals surface area contributed by atoms with Crippen LogP contribution in [0.4, 0.5) is 4.79 Å². The average Bonchev–Trinajstić information content (AvgIpc) is 3.11. The Bertz CT molecular complexity index is 1310. The molecule has 0 spiro atoms. The van der Waals surface area contributed by atoms with E-state index in [2.05, 4.69) is 5.32 Å². The highest BCUT2D eigenvalue weighted by molar-refractivity contribution is 5.68. The summed E-state index contributed by atoms with van der Waals surface area (Å²) >= 11 is 0. The van der Waals surface area contributed by atoms with Crippen LogP contribution in [0.3, 0.4) is 0 Å². The Kier molecular flexibility index (Phi) is 13.6. The van der Waals surface area contributed by atoms with Crippen molar-refractivity contribution < 1.29 is 54.0 Å². The van der Waals surface area contributed by atoms with E-state index >= 15 is 0 Å². The van der Waals surface area contributed by atoms with Crippen molar-refractivity contribution in [3.63, 3.8) is 0 Å². The SMILES string of the molecule is CC(C)(C)OC(=O)NC1CCC(N(C[C@H](O)[C@@H](O)[C@H]2CCOC(c3ccccc3)O2)C[C@H](O)[C@@H](O)[C@@H]2OC(c3ccccc3)OC[C@H]2O)CC1. The molecule has 2 aromatic rings. The second-order valence-electron chi connectivity index (χ2n) is 14.5. The third kappa shape index (κ3) is 10.7. The van der Waals surface area contributed by atoms with Crippen LogP contribution in [-0.4, -0.2) is 123 Å². The third-order valence-corrected chi connectivity index (χ3v) is 9.47. The van der Waals surface area contributed by atoms with Gasteiger partial charge in [-0.2, -0.15) is 0 Å². The molecule has 3 fully saturated rings. The van der Waals surface area contributed by atoms with Gasteiger partial charge in [0.15, 0.2) is 12.6 Å². The molecule has 1 saturated carbocycles. The molecule has 9 atom stereocenters. The van der Waals surface area contributed by atoms with Crippen molar-refractivity contribution >= 4 is 6.09 Å². The lowest BCUT2D eigenvalue weighted by atomic mass is 9.89. The Morgan fingerprint density at radius 1 is 0.820 bits per heavy atom. The Morgan fingerprint density at radius 2 is 1.38 bits per heavy atom. The van der Waals surface area contributed by atoms with Gasteiger partial charge in [-0.1, -0.05) is 60.7 Å². The lowest BCUT2D eigenvalue weighted by Crippen LogP contribution is -2.57. The van der Waals surface area contributed by atoms with Gasteiger partial charge in [0, 0.05) is 36.3 Å². The number of aliphatic hydroxyl groups excluding tert-OH is 5. The van der Waals surface area contributed by atoms with E-state index in [-0.39, 0.29) is 31.8 Å². The summed E-state index contributed by atoms with van der Waals surface area (Å²) < 4.78 is 28.9. The molecule has 0 radical (unpaired) electrons. The molecule has 50 heavy (non-hydrogen) atoms. The number of hydrogen-bond acceptors (Lipinski definition) is 12. The number of nitrogens with zero attached hydrogens (tertiary/aromatic N) is 1. The molecule has 13 nitrogen and oxygen atoms in total. The molecule has 13 heteroatoms. The summed E-state index contributed by atoms with van der Waals surface area (Å²) in [5.74, 6) is 0. The minimum atomic E-state index is -1.49. The molecular weight excluding hydrogens is 648 g/mol. The largest absolute Gasteiger partial charge is 0.444 e. The molecule has 5 rings (SSSR count). The number of ether oxygens (including phenoxy) is 5. The zero-order valence-corrected chi connectivity index (χ0v) is 29.1. The highest BCUT2D eigenvalue weighted by Gasteiger charge is 2.42. The lowest BCUT2D eigenvalue weighted by molar-refractivity contribution is -0.283. The third-order valence-electron chi connectivity index (χ3n) is 9.47. The highest BCUT2D eigenvalue weighted by atomic mass is 16.7. The number of alkyl carbamates (subject to hydrolysis) is 1. The number of carbonyl (C=O) groups is 1. The normalized spacial score (nSPS) is 30.2. The van der Waals surface area contributed by atoms with Crippen molar-refractivity contribution in [2.45, 2.75) is 126 Å². The summed E-state index contributed by atoms with van der Waals surface area (Å²) in [5, 5.41) is 59.1. The van der Waals surface area contributed by atoms with Crippen molar-refractivity contribution in [3.05, 3.63) is 71.8 Å². The van der Waals surface area contributed by atoms with E-state index < -0.39 is 67.0 Å². The first kappa shape index (κ1) is 38.5. The average molecular weight is 703 g/mol. The molecule has 2 aliphatic heterocycles. The molecule has 1 aliphatic carbocycles. The van der Waals surface area contributed by atoms with Gasteiger partial charge < -0.3 is 54.5 Å². The number of carbonyl (C=O) groups excluding carboxylic acids is 1. The summed E-state index contributed by atoms with van der Waals surface area (Å²) in [6.45, 7) is 5.56. The van der Waals surface area contributed by atoms with Crippen LogP contribution in [0.2, 0.25) is 0 Å². The van der Waals surface area contributed by atoms with Crippen molar-refractivity contribution in [3.8, 4) is 0 Å². The molecule has 3 aliphatic rings. The number of benzene rings is 2. The Hall–Kier alpha value is -2.69. The predicted octanol–water partition coefficient (Wildman–Crippen LogP) is 2.55. The molecule has 2 aromatic carbocycles. The van der Waals surface area contributed by atoms with Gasteiger partial charge in [0.2, 0.25) is 0 Å². The van der Waals surface area contributed by atoms with Gasteiger partial charge in [-0.05, 0) is 52.9 Å². The second-order valence-corrected chi connectivity index (χ2v) is 14.5. The van der Waals surface area contributed by atoms with Crippen LogP contribution in [0.1, 0.15) is 76.6 Å². The molecule has 0 aromatic heterocycles. The summed E-state index contributed by atoms with van der Waals surface area (Å²) in [7, 11) is 0. The number of rotatable bonds is 12. The molecule has 2 heterocycles. The van der Waals surface area contributed by atoms with Crippen LogP contribution < -0.4 is 5.32 Å². The minimum Gasteiger partial charge on any atom is -0.444 e. The zero-order valence-electron chi connectivity index (χ0n) is 29.1. The standard InChI is InChI=1S/C37H54N2O11/c1-37(2,3)50-36(45)38-25-14-16-26(17-15-25)39(20-27(40)31(43)30-18-19-46-34(48-30)23-10-6-4-7-11-23)21-28(41)32(44)33-29(42)22-47-35(49-33)24-12-8-5-9-13-24/h4-13,25-35,40-44H,14-22H2,1-3H3,(H,38,45)/t25?,26?,27-,28-,29+,30+,31+,32+,33+,34?,35?/m0/s1. The van der Waals surface area contributed by atoms with E-state index in [1.807, 2.05) is 65.6 Å². The predicted molar refractivity (Wildman–Crippen MR) is 182 cm³/mol. The van der Waals surface area contributed by atoms with Crippen LogP contribution >= 0.6 is 0 Å². The topological polar surface area (TPSA) is 180 Å². The molecule has 2 unspecified atom stereocenters. The quantitative estimate of drug-likeness (QED) is 0.191. The molecule has 2 saturated heterocycles. The Morgan fingerprint density at radius 3 is 1.96 bits per heavy atom. The van der Waals surface area contributed by atoms with Crippen molar-refractivity contribution in [2.75, 3.05) is 26.3 Å². The fourth-order valence-electron chi connectivity index (χ4n) is 6.84. The van der Waals surface area contributed by atoms with E-state index in [1.54, 1.807) is 20.8 Å². The molecular formula is C37H54N2O11. The monoisotopic (exact) mass is 702 g/mol. The summed E-state index contributed by atoms with van der Waals surface area (Å²) in [5.41, 5.74) is 0.900. The second kappa shape index (κ2) is 17.7. The Labute approximate surface area is 294 Å². The maximum atomic E-state index is 12.4. The molecule has 0 bridgehead atoms. The van der Waals surface area contributed by atoms with Gasteiger partial charge in [0.1, 0.15) is 30.0 Å². The number of nitrogens with one attached hydrogen (secondary N) is 1. The first-order valence-corrected chi connectivity index (χ1v) is 17.7. The van der Waals surface area contributed by atoms with Gasteiger partial charge in [-0.3, -0.25) is 4.90 Å². The van der Waals surface area contributed by atoms with E-state index in [0.717, 1.165) is 5.56 Å². The van der Waals surface area contributed by atoms with Crippen LogP contribution in [0, 0.1) is 0 Å². The van der Waals surface area contributed by atoms with Gasteiger partial charge >= 0.3 is 6.09 Å². The van der Waals surface area contributed by atoms with E-state index in [1.165, 1.54) is 0 Å². The summed E-state index contributed by atoms with van der Waals surface area (Å²) in [6, 6.07) is 18.3. The van der Waals surface area contributed by atoms with Crippen LogP contribution in [0.25, 0.3) is 0 Å². The minimum absolute atomic E-state index is 0.0275. The van der Waals surface area contributed by atoms with Crippen LogP contribution in [0.15, 0.2) is 60.7 Å². The summed E-state index contributed by atoms with van der Waals surface area (Å²) in [4.78, 5) is 14.3. The van der Waals surface area contributed by atoms with Gasteiger partial charge in [-0.15, -0.1) is 0 Å². The summed E-state index contributed by atoms with van der Waals surface area (Å²) in [6.07, 6.45) is -7.53. The smallest absolute Gasteiger partial charge is 0.407 e. The van der Waals surface area contributed by atoms with Gasteiger partial charge in [0.05, 0.1) is 31.5 Å². The van der Waals surface area contributed by atoms with E-state index in [0.29, 0.717) is 44.3 Å². The molecule has 6 N–H and O–H groups in total. The maximum Gasteiger partial charge on any atom is 0.407 e. The van der Waals surface area contributed by atoms with Crippen LogP contribution in [-0.2, 0) is 23.7 Å². The van der Waals surface area contributed by atoms with E-state index in [4.69, 9.17) is 23.7 Å². The molecule has 1 amide bonds. The van der Waals surface area contributed by atoms with Crippen molar-refractivity contribution in [1.29, 1.82) is 0 Å². The van der Waals surface area contributed by atoms with E-state index in [9.17, 15) is 30.3 Å². The first-order chi connectivity index (χ1) is 23.9. The molecule has 278 valence electrons. The lowest BCUT2D eigenvalue weighted by Gasteiger charge is -2.42. The fraction of sp³-hybridized carbons (Fsp3) is 0.649. The zero-order chi connectivity index (χ0) is 35.8. The Balaban J connectivity index is 1.25. The maximum absolute atomic E-state index is 12.4. The number of aliphatic hydroxyl groups is 5. The van der Waals surface area contributed by atoms with Crippen molar-refractivity contribution in [1.82, 2.24) is 10.2 Å². The highest BCUT2D eigenvalue weighted by Crippen LogP contribution is 2.32. The fourth-order valence-corrected chi connectivity index (χ4v) is 6.84. The number of amides is 1. The van der Waals surface area contributed by atoms with Crippen molar-refractivity contribution in [2.24, 2.45) is 0 Å². The van der Waals surface area contributed by atoms with Gasteiger partial charge in [0.25, 0.3) is 0 Å². The van der Waals surface area contributed by atoms with Gasteiger partial charge in [-0.25, -0.2) is 4.79 Å². The van der Waals surface area contributed by atoms with Crippen LogP contribution in [0.5, 0.6) is 0 Å².